The fourth-order valence-electron chi connectivity index (χ4n) is 2.30. The molecular formula is C16H17ClN2O2. The van der Waals surface area contributed by atoms with Gasteiger partial charge in [0.1, 0.15) is 5.15 Å². The maximum atomic E-state index is 11.2. The van der Waals surface area contributed by atoms with Crippen molar-refractivity contribution in [3.05, 3.63) is 47.2 Å². The van der Waals surface area contributed by atoms with E-state index in [0.29, 0.717) is 0 Å². The van der Waals surface area contributed by atoms with Gasteiger partial charge in [0, 0.05) is 36.1 Å². The Morgan fingerprint density at radius 1 is 1.29 bits per heavy atom. The lowest BCUT2D eigenvalue weighted by Crippen LogP contribution is -2.22. The Bertz CT molecular complexity index is 654. The zero-order valence-corrected chi connectivity index (χ0v) is 12.8. The summed E-state index contributed by atoms with van der Waals surface area (Å²) in [6, 6.07) is 9.46. The number of benzene rings is 1. The van der Waals surface area contributed by atoms with E-state index in [-0.39, 0.29) is 10.7 Å². The van der Waals surface area contributed by atoms with E-state index in [9.17, 15) is 9.90 Å². The Kier molecular flexibility index (Phi) is 4.81. The first-order valence-corrected chi connectivity index (χ1v) is 7.19. The minimum Gasteiger partial charge on any atom is -0.478 e. The van der Waals surface area contributed by atoms with Crippen molar-refractivity contribution in [2.24, 2.45) is 0 Å². The van der Waals surface area contributed by atoms with Crippen LogP contribution in [0.15, 0.2) is 36.5 Å². The van der Waals surface area contributed by atoms with Gasteiger partial charge in [-0.15, -0.1) is 0 Å². The van der Waals surface area contributed by atoms with Gasteiger partial charge < -0.3 is 10.0 Å². The lowest BCUT2D eigenvalue weighted by atomic mass is 10.0. The zero-order chi connectivity index (χ0) is 15.4. The van der Waals surface area contributed by atoms with Crippen LogP contribution in [0.1, 0.15) is 24.2 Å². The van der Waals surface area contributed by atoms with Crippen molar-refractivity contribution in [2.75, 3.05) is 18.0 Å². The monoisotopic (exact) mass is 304 g/mol. The highest BCUT2D eigenvalue weighted by Gasteiger charge is 2.15. The third kappa shape index (κ3) is 3.16. The summed E-state index contributed by atoms with van der Waals surface area (Å²) in [6.45, 7) is 5.92. The van der Waals surface area contributed by atoms with Crippen molar-refractivity contribution in [1.82, 2.24) is 4.98 Å². The molecule has 1 heterocycles. The lowest BCUT2D eigenvalue weighted by molar-refractivity contribution is 0.0696. The van der Waals surface area contributed by atoms with Gasteiger partial charge in [-0.1, -0.05) is 29.8 Å². The molecule has 1 aromatic carbocycles. The molecule has 0 unspecified atom stereocenters. The molecule has 0 fully saturated rings. The summed E-state index contributed by atoms with van der Waals surface area (Å²) in [5.41, 5.74) is 2.78. The molecule has 1 aromatic heterocycles. The van der Waals surface area contributed by atoms with Crippen LogP contribution in [0.2, 0.25) is 5.15 Å². The Morgan fingerprint density at radius 3 is 2.57 bits per heavy atom. The number of anilines is 1. The second kappa shape index (κ2) is 6.59. The molecule has 0 saturated heterocycles. The molecule has 21 heavy (non-hydrogen) atoms. The normalized spacial score (nSPS) is 10.4. The molecule has 0 aliphatic rings. The van der Waals surface area contributed by atoms with Gasteiger partial charge >= 0.3 is 5.97 Å². The Labute approximate surface area is 129 Å². The minimum absolute atomic E-state index is 0.00608. The van der Waals surface area contributed by atoms with Crippen LogP contribution < -0.4 is 4.90 Å². The highest BCUT2D eigenvalue weighted by atomic mass is 35.5. The number of aromatic nitrogens is 1. The highest BCUT2D eigenvalue weighted by Crippen LogP contribution is 2.31. The second-order valence-corrected chi connectivity index (χ2v) is 4.91. The number of hydrogen-bond acceptors (Lipinski definition) is 3. The predicted molar refractivity (Wildman–Crippen MR) is 85.2 cm³/mol. The van der Waals surface area contributed by atoms with E-state index in [4.69, 9.17) is 11.6 Å². The van der Waals surface area contributed by atoms with E-state index in [1.54, 1.807) is 12.3 Å². The van der Waals surface area contributed by atoms with Crippen LogP contribution in [-0.4, -0.2) is 29.1 Å². The van der Waals surface area contributed by atoms with Crippen LogP contribution in [0.5, 0.6) is 0 Å². The number of rotatable bonds is 5. The summed E-state index contributed by atoms with van der Waals surface area (Å²) in [6.07, 6.45) is 1.61. The molecule has 0 amide bonds. The van der Waals surface area contributed by atoms with Crippen LogP contribution >= 0.6 is 11.6 Å². The summed E-state index contributed by atoms with van der Waals surface area (Å²) in [5.74, 6) is -1.07. The van der Waals surface area contributed by atoms with Crippen LogP contribution in [0.4, 0.5) is 5.69 Å². The average Bonchev–Trinajstić information content (AvgIpc) is 2.49. The topological polar surface area (TPSA) is 53.4 Å². The van der Waals surface area contributed by atoms with E-state index in [2.05, 4.69) is 23.7 Å². The smallest absolute Gasteiger partial charge is 0.338 e. The molecule has 110 valence electrons. The number of para-hydroxylation sites is 1. The molecule has 0 saturated carbocycles. The van der Waals surface area contributed by atoms with Gasteiger partial charge in [0.2, 0.25) is 0 Å². The van der Waals surface area contributed by atoms with Crippen molar-refractivity contribution < 1.29 is 9.90 Å². The molecule has 4 nitrogen and oxygen atoms in total. The van der Waals surface area contributed by atoms with Crippen LogP contribution in [0, 0.1) is 0 Å². The van der Waals surface area contributed by atoms with Gasteiger partial charge in [0.05, 0.1) is 5.56 Å². The third-order valence-electron chi connectivity index (χ3n) is 3.39. The first-order chi connectivity index (χ1) is 10.1. The largest absolute Gasteiger partial charge is 0.478 e. The summed E-state index contributed by atoms with van der Waals surface area (Å²) >= 11 is 5.83. The number of pyridine rings is 1. The van der Waals surface area contributed by atoms with Crippen LogP contribution in [0.25, 0.3) is 11.1 Å². The van der Waals surface area contributed by atoms with Crippen LogP contribution in [-0.2, 0) is 0 Å². The van der Waals surface area contributed by atoms with Gasteiger partial charge in [0.25, 0.3) is 0 Å². The molecule has 0 atom stereocenters. The molecule has 0 radical (unpaired) electrons. The minimum atomic E-state index is -1.07. The number of carboxylic acids is 1. The van der Waals surface area contributed by atoms with Crippen LogP contribution in [0.3, 0.4) is 0 Å². The van der Waals surface area contributed by atoms with E-state index in [0.717, 1.165) is 29.9 Å². The van der Waals surface area contributed by atoms with E-state index >= 15 is 0 Å². The van der Waals surface area contributed by atoms with Crippen molar-refractivity contribution >= 4 is 23.3 Å². The Balaban J connectivity index is 2.57. The molecule has 0 bridgehead atoms. The Morgan fingerprint density at radius 2 is 1.95 bits per heavy atom. The van der Waals surface area contributed by atoms with Crippen molar-refractivity contribution in [1.29, 1.82) is 0 Å². The summed E-state index contributed by atoms with van der Waals surface area (Å²) in [7, 11) is 0. The molecule has 0 spiro atoms. The summed E-state index contributed by atoms with van der Waals surface area (Å²) < 4.78 is 0. The first kappa shape index (κ1) is 15.3. The van der Waals surface area contributed by atoms with Gasteiger partial charge in [-0.25, -0.2) is 9.78 Å². The molecule has 5 heteroatoms. The van der Waals surface area contributed by atoms with Gasteiger partial charge in [-0.2, -0.15) is 0 Å². The Hall–Kier alpha value is -2.07. The average molecular weight is 305 g/mol. The second-order valence-electron chi connectivity index (χ2n) is 4.56. The summed E-state index contributed by atoms with van der Waals surface area (Å²) in [5, 5.41) is 9.18. The maximum absolute atomic E-state index is 11.2. The fraction of sp³-hybridized carbons (Fsp3) is 0.250. The number of nitrogens with zero attached hydrogens (tertiary/aromatic N) is 2. The quantitative estimate of drug-likeness (QED) is 0.850. The van der Waals surface area contributed by atoms with Crippen molar-refractivity contribution in [2.45, 2.75) is 13.8 Å². The predicted octanol–water partition coefficient (Wildman–Crippen LogP) is 3.95. The van der Waals surface area contributed by atoms with E-state index in [1.807, 2.05) is 24.3 Å². The molecule has 2 rings (SSSR count). The first-order valence-electron chi connectivity index (χ1n) is 6.81. The number of carbonyl (C=O) groups is 1. The van der Waals surface area contributed by atoms with Crippen molar-refractivity contribution in [3.8, 4) is 11.1 Å². The number of aromatic carboxylic acids is 1. The number of halogens is 1. The molecule has 0 aliphatic carbocycles. The number of hydrogen-bond donors (Lipinski definition) is 1. The maximum Gasteiger partial charge on any atom is 0.338 e. The fourth-order valence-corrected chi connectivity index (χ4v) is 2.49. The molecule has 2 aromatic rings. The van der Waals surface area contributed by atoms with E-state index < -0.39 is 5.97 Å². The molecular weight excluding hydrogens is 288 g/mol. The van der Waals surface area contributed by atoms with Crippen molar-refractivity contribution in [3.63, 3.8) is 0 Å². The van der Waals surface area contributed by atoms with Gasteiger partial charge in [0.15, 0.2) is 0 Å². The zero-order valence-electron chi connectivity index (χ0n) is 12.0. The highest BCUT2D eigenvalue weighted by molar-refractivity contribution is 6.32. The van der Waals surface area contributed by atoms with E-state index in [1.165, 1.54) is 0 Å². The molecule has 0 aliphatic heterocycles. The lowest BCUT2D eigenvalue weighted by Gasteiger charge is -2.24. The summed E-state index contributed by atoms with van der Waals surface area (Å²) in [4.78, 5) is 17.4. The SMILES string of the molecule is CCN(CC)c1ccccc1-c1cnc(Cl)c(C(=O)O)c1. The molecule has 1 N–H and O–H groups in total. The van der Waals surface area contributed by atoms with Gasteiger partial charge in [-0.3, -0.25) is 0 Å². The standard InChI is InChI=1S/C16H17ClN2O2/c1-3-19(4-2)14-8-6-5-7-12(14)11-9-13(16(20)21)15(17)18-10-11/h5-10H,3-4H2,1-2H3,(H,20,21). The number of carboxylic acid groups (broad SMARTS) is 1. The third-order valence-corrected chi connectivity index (χ3v) is 3.69. The van der Waals surface area contributed by atoms with Gasteiger partial charge in [-0.05, 0) is 26.0 Å².